The van der Waals surface area contributed by atoms with Gasteiger partial charge in [0.05, 0.1) is 6.61 Å². The average Bonchev–Trinajstić information content (AvgIpc) is 2.83. The topological polar surface area (TPSA) is 66.3 Å². The second kappa shape index (κ2) is 6.24. The molecule has 0 spiro atoms. The molecule has 1 fully saturated rings. The van der Waals surface area contributed by atoms with Gasteiger partial charge in [-0.15, -0.1) is 0 Å². The Morgan fingerprint density at radius 1 is 1.44 bits per heavy atom. The first kappa shape index (κ1) is 13.4. The van der Waals surface area contributed by atoms with Crippen LogP contribution in [0, 0.1) is 6.92 Å². The van der Waals surface area contributed by atoms with Crippen LogP contribution >= 0.6 is 11.5 Å². The van der Waals surface area contributed by atoms with Gasteiger partial charge in [-0.1, -0.05) is 19.3 Å². The third-order valence-electron chi connectivity index (χ3n) is 3.33. The van der Waals surface area contributed by atoms with Crippen LogP contribution in [0.3, 0.4) is 0 Å². The Morgan fingerprint density at radius 2 is 2.17 bits per heavy atom. The molecule has 1 saturated carbocycles. The van der Waals surface area contributed by atoms with Gasteiger partial charge < -0.3 is 10.0 Å². The molecule has 0 aliphatic heterocycles. The van der Waals surface area contributed by atoms with Crippen LogP contribution in [0.5, 0.6) is 0 Å². The van der Waals surface area contributed by atoms with Gasteiger partial charge in [0.25, 0.3) is 5.91 Å². The molecule has 1 aliphatic rings. The molecule has 5 nitrogen and oxygen atoms in total. The Kier molecular flexibility index (Phi) is 4.66. The lowest BCUT2D eigenvalue weighted by Crippen LogP contribution is -2.43. The predicted molar refractivity (Wildman–Crippen MR) is 69.6 cm³/mol. The van der Waals surface area contributed by atoms with Crippen LogP contribution in [-0.2, 0) is 0 Å². The van der Waals surface area contributed by atoms with E-state index >= 15 is 0 Å². The van der Waals surface area contributed by atoms with E-state index in [2.05, 4.69) is 9.36 Å². The molecule has 100 valence electrons. The molecule has 6 heteroatoms. The van der Waals surface area contributed by atoms with Crippen LogP contribution in [0.2, 0.25) is 0 Å². The summed E-state index contributed by atoms with van der Waals surface area (Å²) >= 11 is 1.14. The number of aliphatic hydroxyl groups excluding tert-OH is 1. The third-order valence-corrected chi connectivity index (χ3v) is 4.12. The summed E-state index contributed by atoms with van der Waals surface area (Å²) in [5, 5.41) is 9.58. The zero-order valence-electron chi connectivity index (χ0n) is 10.6. The van der Waals surface area contributed by atoms with Gasteiger partial charge in [0.1, 0.15) is 5.82 Å². The Labute approximate surface area is 111 Å². The van der Waals surface area contributed by atoms with E-state index in [0.29, 0.717) is 17.4 Å². The molecule has 0 aromatic carbocycles. The summed E-state index contributed by atoms with van der Waals surface area (Å²) in [4.78, 5) is 18.3. The summed E-state index contributed by atoms with van der Waals surface area (Å²) < 4.78 is 4.05. The summed E-state index contributed by atoms with van der Waals surface area (Å²) in [5.74, 6) is 0.553. The lowest BCUT2D eigenvalue weighted by Gasteiger charge is -2.33. The van der Waals surface area contributed by atoms with Crippen molar-refractivity contribution in [3.8, 4) is 0 Å². The molecule has 0 saturated heterocycles. The van der Waals surface area contributed by atoms with E-state index in [1.165, 1.54) is 6.42 Å². The molecule has 0 bridgehead atoms. The lowest BCUT2D eigenvalue weighted by atomic mass is 9.94. The number of carbonyl (C=O) groups is 1. The first-order valence-electron chi connectivity index (χ1n) is 6.44. The highest BCUT2D eigenvalue weighted by atomic mass is 32.1. The number of aliphatic hydroxyl groups is 1. The summed E-state index contributed by atoms with van der Waals surface area (Å²) in [5.41, 5.74) is 0. The number of nitrogens with zero attached hydrogens (tertiary/aromatic N) is 3. The van der Waals surface area contributed by atoms with Crippen molar-refractivity contribution in [1.29, 1.82) is 0 Å². The summed E-state index contributed by atoms with van der Waals surface area (Å²) in [7, 11) is 0. The molecule has 1 N–H and O–H groups in total. The summed E-state index contributed by atoms with van der Waals surface area (Å²) in [6.45, 7) is 2.17. The van der Waals surface area contributed by atoms with E-state index in [1.54, 1.807) is 11.8 Å². The van der Waals surface area contributed by atoms with Crippen LogP contribution in [0.1, 0.15) is 47.7 Å². The Morgan fingerprint density at radius 3 is 2.72 bits per heavy atom. The van der Waals surface area contributed by atoms with Crippen molar-refractivity contribution in [3.05, 3.63) is 10.8 Å². The highest BCUT2D eigenvalue weighted by Gasteiger charge is 2.27. The van der Waals surface area contributed by atoms with Gasteiger partial charge in [0.15, 0.2) is 0 Å². The average molecular weight is 269 g/mol. The molecule has 2 rings (SSSR count). The van der Waals surface area contributed by atoms with E-state index in [9.17, 15) is 4.79 Å². The maximum Gasteiger partial charge on any atom is 0.284 e. The van der Waals surface area contributed by atoms with E-state index in [0.717, 1.165) is 37.2 Å². The molecule has 0 atom stereocenters. The monoisotopic (exact) mass is 269 g/mol. The summed E-state index contributed by atoms with van der Waals surface area (Å²) in [6, 6.07) is 0.252. The third kappa shape index (κ3) is 3.05. The molecule has 0 unspecified atom stereocenters. The van der Waals surface area contributed by atoms with E-state index in [-0.39, 0.29) is 18.6 Å². The zero-order chi connectivity index (χ0) is 13.0. The van der Waals surface area contributed by atoms with Crippen LogP contribution < -0.4 is 0 Å². The maximum absolute atomic E-state index is 12.4. The second-order valence-electron chi connectivity index (χ2n) is 4.66. The highest BCUT2D eigenvalue weighted by molar-refractivity contribution is 7.07. The van der Waals surface area contributed by atoms with Crippen LogP contribution in [0.4, 0.5) is 0 Å². The number of amides is 1. The largest absolute Gasteiger partial charge is 0.395 e. The van der Waals surface area contributed by atoms with Gasteiger partial charge in [-0.2, -0.15) is 4.37 Å². The van der Waals surface area contributed by atoms with Crippen molar-refractivity contribution in [2.75, 3.05) is 13.2 Å². The van der Waals surface area contributed by atoms with Crippen LogP contribution in [-0.4, -0.2) is 44.5 Å². The maximum atomic E-state index is 12.4. The fourth-order valence-electron chi connectivity index (χ4n) is 2.46. The van der Waals surface area contributed by atoms with Gasteiger partial charge in [-0.3, -0.25) is 4.79 Å². The fraction of sp³-hybridized carbons (Fsp3) is 0.750. The lowest BCUT2D eigenvalue weighted by molar-refractivity contribution is 0.0585. The zero-order valence-corrected chi connectivity index (χ0v) is 11.4. The minimum absolute atomic E-state index is 0.0000257. The SMILES string of the molecule is Cc1nsc(C(=O)N(CCO)C2CCCCC2)n1. The number of aromatic nitrogens is 2. The smallest absolute Gasteiger partial charge is 0.284 e. The molecule has 0 radical (unpaired) electrons. The second-order valence-corrected chi connectivity index (χ2v) is 5.41. The normalized spacial score (nSPS) is 16.8. The van der Waals surface area contributed by atoms with Crippen molar-refractivity contribution >= 4 is 17.4 Å². The van der Waals surface area contributed by atoms with Gasteiger partial charge in [-0.05, 0) is 31.3 Å². The van der Waals surface area contributed by atoms with E-state index in [1.807, 2.05) is 0 Å². The Bertz CT molecular complexity index is 402. The van der Waals surface area contributed by atoms with Crippen molar-refractivity contribution in [2.24, 2.45) is 0 Å². The van der Waals surface area contributed by atoms with E-state index in [4.69, 9.17) is 5.11 Å². The molecular weight excluding hydrogens is 250 g/mol. The standard InChI is InChI=1S/C12H19N3O2S/c1-9-13-11(18-14-9)12(17)15(7-8-16)10-5-3-2-4-6-10/h10,16H,2-8H2,1H3. The quantitative estimate of drug-likeness (QED) is 0.902. The minimum atomic E-state index is -0.0819. The molecule has 1 aliphatic carbocycles. The van der Waals surface area contributed by atoms with Crippen molar-refractivity contribution < 1.29 is 9.90 Å². The van der Waals surface area contributed by atoms with Crippen molar-refractivity contribution in [1.82, 2.24) is 14.3 Å². The molecule has 18 heavy (non-hydrogen) atoms. The van der Waals surface area contributed by atoms with Gasteiger partial charge in [0, 0.05) is 12.6 Å². The number of carbonyl (C=O) groups excluding carboxylic acids is 1. The van der Waals surface area contributed by atoms with Gasteiger partial charge >= 0.3 is 0 Å². The fourth-order valence-corrected chi connectivity index (χ4v) is 3.08. The Balaban J connectivity index is 2.10. The molecule has 1 amide bonds. The molecule has 1 aromatic rings. The van der Waals surface area contributed by atoms with Crippen LogP contribution in [0.15, 0.2) is 0 Å². The molecular formula is C12H19N3O2S. The molecule has 1 heterocycles. The van der Waals surface area contributed by atoms with E-state index < -0.39 is 0 Å². The number of aryl methyl sites for hydroxylation is 1. The first-order valence-corrected chi connectivity index (χ1v) is 7.22. The number of hydrogen-bond donors (Lipinski definition) is 1. The predicted octanol–water partition coefficient (Wildman–Crippen LogP) is 1.61. The van der Waals surface area contributed by atoms with Gasteiger partial charge in [0.2, 0.25) is 5.01 Å². The van der Waals surface area contributed by atoms with Crippen molar-refractivity contribution in [3.63, 3.8) is 0 Å². The van der Waals surface area contributed by atoms with Crippen molar-refractivity contribution in [2.45, 2.75) is 45.1 Å². The van der Waals surface area contributed by atoms with Gasteiger partial charge in [-0.25, -0.2) is 4.98 Å². The van der Waals surface area contributed by atoms with Crippen LogP contribution in [0.25, 0.3) is 0 Å². The highest BCUT2D eigenvalue weighted by Crippen LogP contribution is 2.24. The minimum Gasteiger partial charge on any atom is -0.395 e. The molecule has 1 aromatic heterocycles. The number of rotatable bonds is 4. The Hall–Kier alpha value is -1.01. The number of hydrogen-bond acceptors (Lipinski definition) is 5. The summed E-state index contributed by atoms with van der Waals surface area (Å²) in [6.07, 6.45) is 5.63. The first-order chi connectivity index (χ1) is 8.72.